The van der Waals surface area contributed by atoms with Crippen LogP contribution in [-0.2, 0) is 0 Å². The SMILES string of the molecule is C/C=C1\NCC(C)(C)N=C1CC. The highest BCUT2D eigenvalue weighted by atomic mass is 15.0. The number of nitrogens with zero attached hydrogens (tertiary/aromatic N) is 1. The first-order chi connectivity index (χ1) is 5.59. The molecule has 0 aromatic heterocycles. The van der Waals surface area contributed by atoms with Crippen molar-refractivity contribution in [3.05, 3.63) is 11.8 Å². The van der Waals surface area contributed by atoms with E-state index in [0.29, 0.717) is 0 Å². The summed E-state index contributed by atoms with van der Waals surface area (Å²) in [6.07, 6.45) is 3.10. The molecule has 0 spiro atoms. The lowest BCUT2D eigenvalue weighted by Gasteiger charge is -2.29. The minimum absolute atomic E-state index is 0.0673. The number of allylic oxidation sites excluding steroid dienone is 2. The van der Waals surface area contributed by atoms with E-state index in [1.165, 1.54) is 11.4 Å². The van der Waals surface area contributed by atoms with Crippen LogP contribution in [0.3, 0.4) is 0 Å². The molecule has 0 amide bonds. The predicted molar refractivity (Wildman–Crippen MR) is 53.6 cm³/mol. The van der Waals surface area contributed by atoms with E-state index >= 15 is 0 Å². The fourth-order valence-electron chi connectivity index (χ4n) is 1.42. The molecule has 0 aliphatic carbocycles. The highest BCUT2D eigenvalue weighted by Crippen LogP contribution is 2.16. The summed E-state index contributed by atoms with van der Waals surface area (Å²) in [5.74, 6) is 0. The maximum absolute atomic E-state index is 4.67. The third-order valence-corrected chi connectivity index (χ3v) is 2.08. The maximum Gasteiger partial charge on any atom is 0.0727 e. The molecule has 0 fully saturated rings. The summed E-state index contributed by atoms with van der Waals surface area (Å²) in [4.78, 5) is 4.67. The Balaban J connectivity index is 2.92. The molecule has 0 aromatic rings. The number of aliphatic imine (C=N–C) groups is 1. The summed E-state index contributed by atoms with van der Waals surface area (Å²) in [5, 5.41) is 3.39. The minimum atomic E-state index is 0.0673. The van der Waals surface area contributed by atoms with Gasteiger partial charge in [-0.25, -0.2) is 0 Å². The first-order valence-electron chi connectivity index (χ1n) is 4.58. The van der Waals surface area contributed by atoms with Crippen molar-refractivity contribution in [1.29, 1.82) is 0 Å². The van der Waals surface area contributed by atoms with Crippen LogP contribution in [-0.4, -0.2) is 17.8 Å². The largest absolute Gasteiger partial charge is 0.381 e. The summed E-state index contributed by atoms with van der Waals surface area (Å²) in [6.45, 7) is 9.44. The van der Waals surface area contributed by atoms with Crippen molar-refractivity contribution < 1.29 is 0 Å². The number of hydrogen-bond acceptors (Lipinski definition) is 2. The second kappa shape index (κ2) is 3.30. The summed E-state index contributed by atoms with van der Waals surface area (Å²) in [7, 11) is 0. The first-order valence-corrected chi connectivity index (χ1v) is 4.58. The molecule has 0 unspecified atom stereocenters. The van der Waals surface area contributed by atoms with Crippen molar-refractivity contribution in [3.8, 4) is 0 Å². The molecule has 1 rings (SSSR count). The van der Waals surface area contributed by atoms with Gasteiger partial charge >= 0.3 is 0 Å². The highest BCUT2D eigenvalue weighted by Gasteiger charge is 2.22. The molecule has 1 heterocycles. The fourth-order valence-corrected chi connectivity index (χ4v) is 1.42. The normalized spacial score (nSPS) is 25.0. The summed E-state index contributed by atoms with van der Waals surface area (Å²) in [6, 6.07) is 0. The van der Waals surface area contributed by atoms with Crippen molar-refractivity contribution in [2.24, 2.45) is 4.99 Å². The molecular weight excluding hydrogens is 148 g/mol. The Morgan fingerprint density at radius 2 is 2.25 bits per heavy atom. The molecule has 0 atom stereocenters. The molecule has 1 aliphatic rings. The summed E-state index contributed by atoms with van der Waals surface area (Å²) in [5.41, 5.74) is 2.48. The van der Waals surface area contributed by atoms with Gasteiger partial charge in [0.25, 0.3) is 0 Å². The van der Waals surface area contributed by atoms with Crippen molar-refractivity contribution >= 4 is 5.71 Å². The van der Waals surface area contributed by atoms with Crippen molar-refractivity contribution in [2.45, 2.75) is 39.7 Å². The van der Waals surface area contributed by atoms with Gasteiger partial charge in [0.15, 0.2) is 0 Å². The molecular formula is C10H18N2. The van der Waals surface area contributed by atoms with Gasteiger partial charge in [0.05, 0.1) is 16.9 Å². The van der Waals surface area contributed by atoms with E-state index in [-0.39, 0.29) is 5.54 Å². The van der Waals surface area contributed by atoms with Crippen LogP contribution < -0.4 is 5.32 Å². The molecule has 2 heteroatoms. The Hall–Kier alpha value is -0.790. The van der Waals surface area contributed by atoms with Gasteiger partial charge in [-0.05, 0) is 27.2 Å². The Labute approximate surface area is 74.8 Å². The van der Waals surface area contributed by atoms with Gasteiger partial charge in [0, 0.05) is 6.54 Å². The van der Waals surface area contributed by atoms with Gasteiger partial charge < -0.3 is 5.32 Å². The fraction of sp³-hybridized carbons (Fsp3) is 0.700. The average molecular weight is 166 g/mol. The summed E-state index contributed by atoms with van der Waals surface area (Å²) >= 11 is 0. The monoisotopic (exact) mass is 166 g/mol. The molecule has 12 heavy (non-hydrogen) atoms. The molecule has 0 radical (unpaired) electrons. The summed E-state index contributed by atoms with van der Waals surface area (Å²) < 4.78 is 0. The van der Waals surface area contributed by atoms with Gasteiger partial charge in [-0.15, -0.1) is 0 Å². The Kier molecular flexibility index (Phi) is 2.55. The smallest absolute Gasteiger partial charge is 0.0727 e. The molecule has 2 nitrogen and oxygen atoms in total. The second-order valence-electron chi connectivity index (χ2n) is 3.78. The van der Waals surface area contributed by atoms with Crippen molar-refractivity contribution in [2.75, 3.05) is 6.54 Å². The standard InChI is InChI=1S/C10H18N2/c1-5-8-9(6-2)12-10(3,4)7-11-8/h5,11H,6-7H2,1-4H3/b8-5-. The second-order valence-corrected chi connectivity index (χ2v) is 3.78. The Morgan fingerprint density at radius 3 is 2.75 bits per heavy atom. The number of nitrogens with one attached hydrogen (secondary N) is 1. The highest BCUT2D eigenvalue weighted by molar-refractivity contribution is 6.00. The molecule has 0 aromatic carbocycles. The molecule has 68 valence electrons. The lowest BCUT2D eigenvalue weighted by atomic mass is 10.0. The molecule has 0 bridgehead atoms. The zero-order valence-corrected chi connectivity index (χ0v) is 8.44. The van der Waals surface area contributed by atoms with Crippen LogP contribution in [0.15, 0.2) is 16.8 Å². The molecule has 0 saturated carbocycles. The van der Waals surface area contributed by atoms with Gasteiger partial charge in [-0.3, -0.25) is 4.99 Å². The Bertz CT molecular complexity index is 224. The van der Waals surface area contributed by atoms with E-state index in [4.69, 9.17) is 0 Å². The van der Waals surface area contributed by atoms with Crippen molar-refractivity contribution in [1.82, 2.24) is 5.32 Å². The maximum atomic E-state index is 4.67. The molecule has 1 N–H and O–H groups in total. The molecule has 1 aliphatic heterocycles. The molecule has 0 saturated heterocycles. The van der Waals surface area contributed by atoms with Crippen molar-refractivity contribution in [3.63, 3.8) is 0 Å². The predicted octanol–water partition coefficient (Wildman–Crippen LogP) is 2.12. The lowest BCUT2D eigenvalue weighted by molar-refractivity contribution is 0.482. The quantitative estimate of drug-likeness (QED) is 0.634. The van der Waals surface area contributed by atoms with E-state index in [1.807, 2.05) is 6.92 Å². The van der Waals surface area contributed by atoms with Gasteiger partial charge in [0.2, 0.25) is 0 Å². The zero-order valence-electron chi connectivity index (χ0n) is 8.44. The van der Waals surface area contributed by atoms with Crippen LogP contribution in [0, 0.1) is 0 Å². The van der Waals surface area contributed by atoms with Crippen LogP contribution >= 0.6 is 0 Å². The van der Waals surface area contributed by atoms with Gasteiger partial charge in [-0.2, -0.15) is 0 Å². The van der Waals surface area contributed by atoms with Gasteiger partial charge in [-0.1, -0.05) is 13.0 Å². The lowest BCUT2D eigenvalue weighted by Crippen LogP contribution is -2.40. The number of hydrogen-bond donors (Lipinski definition) is 1. The van der Waals surface area contributed by atoms with Gasteiger partial charge in [0.1, 0.15) is 0 Å². The van der Waals surface area contributed by atoms with Crippen LogP contribution in [0.2, 0.25) is 0 Å². The third kappa shape index (κ3) is 1.87. The first kappa shape index (κ1) is 9.30. The third-order valence-electron chi connectivity index (χ3n) is 2.08. The van der Waals surface area contributed by atoms with Crippen LogP contribution in [0.4, 0.5) is 0 Å². The minimum Gasteiger partial charge on any atom is -0.381 e. The van der Waals surface area contributed by atoms with E-state index < -0.39 is 0 Å². The van der Waals surface area contributed by atoms with Crippen LogP contribution in [0.25, 0.3) is 0 Å². The Morgan fingerprint density at radius 1 is 1.58 bits per heavy atom. The van der Waals surface area contributed by atoms with Crippen LogP contribution in [0.5, 0.6) is 0 Å². The zero-order chi connectivity index (χ0) is 9.19. The topological polar surface area (TPSA) is 24.4 Å². The van der Waals surface area contributed by atoms with E-state index in [1.54, 1.807) is 0 Å². The van der Waals surface area contributed by atoms with E-state index in [0.717, 1.165) is 13.0 Å². The van der Waals surface area contributed by atoms with Crippen LogP contribution in [0.1, 0.15) is 34.1 Å². The number of rotatable bonds is 1. The van der Waals surface area contributed by atoms with E-state index in [9.17, 15) is 0 Å². The average Bonchev–Trinajstić information content (AvgIpc) is 2.03. The van der Waals surface area contributed by atoms with E-state index in [2.05, 4.69) is 37.2 Å².